The summed E-state index contributed by atoms with van der Waals surface area (Å²) in [5.41, 5.74) is 1.53. The summed E-state index contributed by atoms with van der Waals surface area (Å²) in [5.74, 6) is -4.16. The first-order valence-electron chi connectivity index (χ1n) is 13.9. The van der Waals surface area contributed by atoms with Gasteiger partial charge >= 0.3 is 5.97 Å². The van der Waals surface area contributed by atoms with Crippen molar-refractivity contribution in [3.63, 3.8) is 0 Å². The fraction of sp³-hybridized carbons (Fsp3) is 0.536. The number of H-pyrrole nitrogens is 1. The van der Waals surface area contributed by atoms with E-state index in [1.54, 1.807) is 20.0 Å². The summed E-state index contributed by atoms with van der Waals surface area (Å²) in [6.45, 7) is 5.13. The Morgan fingerprint density at radius 3 is 2.39 bits per heavy atom. The summed E-state index contributed by atoms with van der Waals surface area (Å²) in [5, 5.41) is 33.9. The van der Waals surface area contributed by atoms with Crippen LogP contribution in [0.15, 0.2) is 30.5 Å². The van der Waals surface area contributed by atoms with Crippen molar-refractivity contribution in [1.29, 1.82) is 0 Å². The van der Waals surface area contributed by atoms with Crippen molar-refractivity contribution in [3.05, 3.63) is 36.0 Å². The number of aliphatic carboxylic acids is 1. The van der Waals surface area contributed by atoms with E-state index >= 15 is 0 Å². The first-order chi connectivity index (χ1) is 19.5. The third kappa shape index (κ3) is 8.51. The van der Waals surface area contributed by atoms with Gasteiger partial charge in [-0.05, 0) is 43.9 Å². The number of rotatable bonds is 14. The number of aromatic amines is 1. The normalized spacial score (nSPS) is 18.5. The van der Waals surface area contributed by atoms with E-state index in [2.05, 4.69) is 31.6 Å². The molecule has 3 rings (SSSR count). The Morgan fingerprint density at radius 1 is 1.02 bits per heavy atom. The molecule has 4 amide bonds. The Kier molecular flexibility index (Phi) is 11.2. The minimum absolute atomic E-state index is 0.0132. The van der Waals surface area contributed by atoms with Gasteiger partial charge in [0.1, 0.15) is 18.1 Å². The van der Waals surface area contributed by atoms with Gasteiger partial charge in [-0.2, -0.15) is 0 Å². The molecule has 2 heterocycles. The van der Waals surface area contributed by atoms with Crippen molar-refractivity contribution in [1.82, 2.24) is 31.6 Å². The molecule has 41 heavy (non-hydrogen) atoms. The van der Waals surface area contributed by atoms with E-state index in [-0.39, 0.29) is 24.3 Å². The third-order valence-electron chi connectivity index (χ3n) is 7.39. The number of carbonyl (C=O) groups is 5. The molecule has 1 aliphatic rings. The zero-order valence-electron chi connectivity index (χ0n) is 23.5. The van der Waals surface area contributed by atoms with Crippen LogP contribution in [-0.4, -0.2) is 88.2 Å². The molecule has 224 valence electrons. The van der Waals surface area contributed by atoms with E-state index in [1.807, 2.05) is 24.3 Å². The number of fused-ring (bicyclic) bond motifs is 1. The number of carboxylic acid groups (broad SMARTS) is 1. The largest absolute Gasteiger partial charge is 0.480 e. The van der Waals surface area contributed by atoms with Crippen LogP contribution < -0.4 is 26.6 Å². The van der Waals surface area contributed by atoms with Crippen molar-refractivity contribution < 1.29 is 34.2 Å². The number of carboxylic acids is 1. The van der Waals surface area contributed by atoms with Gasteiger partial charge in [0.15, 0.2) is 0 Å². The number of hydrogen-bond donors (Lipinski definition) is 8. The van der Waals surface area contributed by atoms with Gasteiger partial charge in [0, 0.05) is 23.5 Å². The first kappa shape index (κ1) is 31.6. The molecule has 1 aromatic carbocycles. The zero-order valence-corrected chi connectivity index (χ0v) is 23.5. The number of nitrogens with one attached hydrogen (secondary N) is 6. The zero-order chi connectivity index (χ0) is 30.1. The van der Waals surface area contributed by atoms with E-state index in [9.17, 15) is 34.2 Å². The lowest BCUT2D eigenvalue weighted by Crippen LogP contribution is -2.60. The molecule has 1 aromatic heterocycles. The summed E-state index contributed by atoms with van der Waals surface area (Å²) in [6, 6.07) is 3.17. The monoisotopic (exact) mass is 572 g/mol. The van der Waals surface area contributed by atoms with Crippen LogP contribution in [0, 0.1) is 5.92 Å². The van der Waals surface area contributed by atoms with Crippen molar-refractivity contribution in [2.45, 2.75) is 76.7 Å². The molecule has 0 saturated carbocycles. The molecule has 1 saturated heterocycles. The molecule has 1 aliphatic heterocycles. The predicted octanol–water partition coefficient (Wildman–Crippen LogP) is -0.455. The Morgan fingerprint density at radius 2 is 1.76 bits per heavy atom. The van der Waals surface area contributed by atoms with Crippen molar-refractivity contribution >= 4 is 40.5 Å². The molecular formula is C28H40N6O7. The van der Waals surface area contributed by atoms with Crippen LogP contribution in [0.4, 0.5) is 0 Å². The number of aliphatic hydroxyl groups is 1. The van der Waals surface area contributed by atoms with Gasteiger partial charge in [-0.3, -0.25) is 19.2 Å². The molecule has 2 aromatic rings. The van der Waals surface area contributed by atoms with E-state index < -0.39 is 54.5 Å². The van der Waals surface area contributed by atoms with Gasteiger partial charge in [0.25, 0.3) is 0 Å². The second-order valence-corrected chi connectivity index (χ2v) is 10.5. The summed E-state index contributed by atoms with van der Waals surface area (Å²) < 4.78 is 0. The van der Waals surface area contributed by atoms with Crippen LogP contribution in [0.3, 0.4) is 0 Å². The average molecular weight is 573 g/mol. The second kappa shape index (κ2) is 14.6. The molecule has 8 N–H and O–H groups in total. The lowest BCUT2D eigenvalue weighted by atomic mass is 9.98. The van der Waals surface area contributed by atoms with E-state index in [0.717, 1.165) is 17.3 Å². The third-order valence-corrected chi connectivity index (χ3v) is 7.39. The number of para-hydroxylation sites is 1. The highest BCUT2D eigenvalue weighted by Crippen LogP contribution is 2.20. The standard InChI is InChI=1S/C28H40N6O7/c1-4-15(2)23(28(40)41)34-26(38)21(12-17-13-30-19-9-6-5-8-18(17)19)32-27(39)24(16(3)35)33-22(36)14-31-25(37)20-10-7-11-29-20/h5-6,8-9,13,15-16,20-21,23-24,29-30,35H,4,7,10-12,14H2,1-3H3,(H,31,37)(H,32,39)(H,33,36)(H,34,38)(H,40,41)/t15-,16+,20-,21-,23-,24-/m0/s1. The Labute approximate surface area is 238 Å². The van der Waals surface area contributed by atoms with Gasteiger partial charge in [0.2, 0.25) is 23.6 Å². The van der Waals surface area contributed by atoms with Gasteiger partial charge in [0.05, 0.1) is 18.7 Å². The summed E-state index contributed by atoms with van der Waals surface area (Å²) in [4.78, 5) is 66.4. The smallest absolute Gasteiger partial charge is 0.326 e. The van der Waals surface area contributed by atoms with E-state index in [1.165, 1.54) is 6.92 Å². The van der Waals surface area contributed by atoms with Gasteiger partial charge < -0.3 is 41.8 Å². The number of benzene rings is 1. The highest BCUT2D eigenvalue weighted by Gasteiger charge is 2.33. The minimum atomic E-state index is -1.44. The van der Waals surface area contributed by atoms with Crippen molar-refractivity contribution in [3.8, 4) is 0 Å². The molecule has 13 heteroatoms. The van der Waals surface area contributed by atoms with Gasteiger partial charge in [-0.1, -0.05) is 38.5 Å². The molecule has 6 atom stereocenters. The summed E-state index contributed by atoms with van der Waals surface area (Å²) in [6.07, 6.45) is 2.39. The molecule has 0 unspecified atom stereocenters. The second-order valence-electron chi connectivity index (χ2n) is 10.5. The molecule has 0 aliphatic carbocycles. The molecule has 13 nitrogen and oxygen atoms in total. The maximum Gasteiger partial charge on any atom is 0.326 e. The molecule has 0 radical (unpaired) electrons. The number of carbonyl (C=O) groups excluding carboxylic acids is 4. The van der Waals surface area contributed by atoms with Crippen LogP contribution in [0.1, 0.15) is 45.6 Å². The maximum atomic E-state index is 13.4. The van der Waals surface area contributed by atoms with Crippen LogP contribution in [0.2, 0.25) is 0 Å². The van der Waals surface area contributed by atoms with Crippen LogP contribution in [0.5, 0.6) is 0 Å². The topological polar surface area (TPSA) is 202 Å². The summed E-state index contributed by atoms with van der Waals surface area (Å²) in [7, 11) is 0. The Hall–Kier alpha value is -3.97. The van der Waals surface area contributed by atoms with Crippen LogP contribution in [-0.2, 0) is 30.4 Å². The van der Waals surface area contributed by atoms with E-state index in [0.29, 0.717) is 24.9 Å². The van der Waals surface area contributed by atoms with Crippen LogP contribution >= 0.6 is 0 Å². The highest BCUT2D eigenvalue weighted by molar-refractivity contribution is 5.95. The quantitative estimate of drug-likeness (QED) is 0.149. The Balaban J connectivity index is 1.75. The molecule has 0 bridgehead atoms. The SMILES string of the molecule is CC[C@H](C)[C@H](NC(=O)[C@H](Cc1c[nH]c2ccccc12)NC(=O)[C@@H](NC(=O)CNC(=O)[C@@H]1CCCN1)[C@@H](C)O)C(=O)O. The molecule has 0 spiro atoms. The lowest BCUT2D eigenvalue weighted by Gasteiger charge is -2.27. The minimum Gasteiger partial charge on any atom is -0.480 e. The molecule has 1 fully saturated rings. The van der Waals surface area contributed by atoms with E-state index in [4.69, 9.17) is 0 Å². The maximum absolute atomic E-state index is 13.4. The highest BCUT2D eigenvalue weighted by atomic mass is 16.4. The number of aliphatic hydroxyl groups excluding tert-OH is 1. The number of hydrogen-bond acceptors (Lipinski definition) is 7. The predicted molar refractivity (Wildman–Crippen MR) is 151 cm³/mol. The van der Waals surface area contributed by atoms with Crippen molar-refractivity contribution in [2.75, 3.05) is 13.1 Å². The average Bonchev–Trinajstić information content (AvgIpc) is 3.63. The Bertz CT molecular complexity index is 1240. The summed E-state index contributed by atoms with van der Waals surface area (Å²) >= 11 is 0. The van der Waals surface area contributed by atoms with Crippen molar-refractivity contribution in [2.24, 2.45) is 5.92 Å². The first-order valence-corrected chi connectivity index (χ1v) is 13.9. The number of aromatic nitrogens is 1. The fourth-order valence-corrected chi connectivity index (χ4v) is 4.76. The van der Waals surface area contributed by atoms with Gasteiger partial charge in [-0.15, -0.1) is 0 Å². The lowest BCUT2D eigenvalue weighted by molar-refractivity contribution is -0.144. The fourth-order valence-electron chi connectivity index (χ4n) is 4.76. The molecular weight excluding hydrogens is 532 g/mol. The number of amides is 4. The van der Waals surface area contributed by atoms with Gasteiger partial charge in [-0.25, -0.2) is 4.79 Å². The van der Waals surface area contributed by atoms with Crippen LogP contribution in [0.25, 0.3) is 10.9 Å².